The average molecular weight is 475 g/mol. The van der Waals surface area contributed by atoms with E-state index in [1.54, 1.807) is 49.8 Å². The number of methoxy groups -OCH3 is 2. The molecular weight excluding hydrogens is 451 g/mol. The summed E-state index contributed by atoms with van der Waals surface area (Å²) in [7, 11) is 3.22. The van der Waals surface area contributed by atoms with Gasteiger partial charge >= 0.3 is 0 Å². The summed E-state index contributed by atoms with van der Waals surface area (Å²) in [5.41, 5.74) is 3.28. The zero-order chi connectivity index (χ0) is 23.9. The van der Waals surface area contributed by atoms with Gasteiger partial charge in [0.1, 0.15) is 23.1 Å². The average Bonchev–Trinajstić information content (AvgIpc) is 3.41. The maximum atomic E-state index is 13.0. The molecule has 2 aromatic heterocycles. The van der Waals surface area contributed by atoms with Crippen LogP contribution in [0.4, 0.5) is 10.2 Å². The summed E-state index contributed by atoms with van der Waals surface area (Å²) in [5, 5.41) is 5.13. The van der Waals surface area contributed by atoms with Crippen LogP contribution >= 0.6 is 11.3 Å². The van der Waals surface area contributed by atoms with Gasteiger partial charge < -0.3 is 14.8 Å². The molecule has 2 heterocycles. The van der Waals surface area contributed by atoms with Gasteiger partial charge in [0.25, 0.3) is 0 Å². The molecular formula is C27H23FN2O3S. The van der Waals surface area contributed by atoms with Crippen LogP contribution < -0.4 is 14.8 Å². The molecule has 0 fully saturated rings. The van der Waals surface area contributed by atoms with Crippen molar-refractivity contribution in [3.63, 3.8) is 0 Å². The highest BCUT2D eigenvalue weighted by Crippen LogP contribution is 2.38. The van der Waals surface area contributed by atoms with Crippen molar-refractivity contribution in [1.82, 2.24) is 4.98 Å². The van der Waals surface area contributed by atoms with Gasteiger partial charge in [-0.1, -0.05) is 30.3 Å². The van der Waals surface area contributed by atoms with Crippen molar-refractivity contribution in [3.8, 4) is 21.9 Å². The van der Waals surface area contributed by atoms with Crippen LogP contribution in [0, 0.1) is 5.82 Å². The van der Waals surface area contributed by atoms with E-state index >= 15 is 0 Å². The van der Waals surface area contributed by atoms with Gasteiger partial charge in [0, 0.05) is 34.2 Å². The number of carbonyl (C=O) groups excluding carboxylic acids is 1. The van der Waals surface area contributed by atoms with Gasteiger partial charge in [-0.15, -0.1) is 11.3 Å². The van der Waals surface area contributed by atoms with Crippen LogP contribution in [0.1, 0.15) is 21.5 Å². The Balaban J connectivity index is 1.47. The Kier molecular flexibility index (Phi) is 7.34. The highest BCUT2D eigenvalue weighted by Gasteiger charge is 2.13. The molecule has 1 N–H and O–H groups in total. The van der Waals surface area contributed by atoms with Gasteiger partial charge in [0.2, 0.25) is 0 Å². The van der Waals surface area contributed by atoms with Crippen molar-refractivity contribution in [2.24, 2.45) is 0 Å². The lowest BCUT2D eigenvalue weighted by molar-refractivity contribution is 0.104. The minimum absolute atomic E-state index is 0.116. The third-order valence-corrected chi connectivity index (χ3v) is 6.10. The lowest BCUT2D eigenvalue weighted by Crippen LogP contribution is -2.02. The Morgan fingerprint density at radius 3 is 2.50 bits per heavy atom. The number of ketones is 1. The highest BCUT2D eigenvalue weighted by atomic mass is 32.1. The van der Waals surface area contributed by atoms with Gasteiger partial charge in [-0.05, 0) is 47.4 Å². The summed E-state index contributed by atoms with van der Waals surface area (Å²) < 4.78 is 24.0. The fourth-order valence-electron chi connectivity index (χ4n) is 3.40. The smallest absolute Gasteiger partial charge is 0.185 e. The van der Waals surface area contributed by atoms with Gasteiger partial charge in [-0.3, -0.25) is 4.79 Å². The fourth-order valence-corrected chi connectivity index (χ4v) is 4.15. The van der Waals surface area contributed by atoms with Gasteiger partial charge in [0.05, 0.1) is 20.4 Å². The van der Waals surface area contributed by atoms with Crippen LogP contribution in [0.15, 0.2) is 78.3 Å². The second-order valence-electron chi connectivity index (χ2n) is 7.38. The molecule has 4 rings (SSSR count). The molecule has 0 radical (unpaired) electrons. The number of benzene rings is 2. The molecule has 0 aliphatic heterocycles. The molecule has 0 unspecified atom stereocenters. The Labute approximate surface area is 201 Å². The molecule has 5 nitrogen and oxygen atoms in total. The standard InChI is InChI=1S/C27H23FN2O3S/c1-32-24-15-25(33-2)22(26-4-3-13-34-26)14-20(24)9-11-23(31)19-7-5-18(6-8-19)16-29-27-12-10-21(28)17-30-27/h3-15,17H,16H2,1-2H3,(H,29,30)/b11-9+. The van der Waals surface area contributed by atoms with Gasteiger partial charge in [-0.2, -0.15) is 0 Å². The summed E-state index contributed by atoms with van der Waals surface area (Å²) in [6.45, 7) is 0.511. The minimum atomic E-state index is -0.378. The number of nitrogens with one attached hydrogen (secondary N) is 1. The first kappa shape index (κ1) is 23.2. The van der Waals surface area contributed by atoms with Crippen LogP contribution in [-0.4, -0.2) is 25.0 Å². The lowest BCUT2D eigenvalue weighted by Gasteiger charge is -2.12. The van der Waals surface area contributed by atoms with E-state index in [9.17, 15) is 9.18 Å². The maximum Gasteiger partial charge on any atom is 0.185 e. The monoisotopic (exact) mass is 474 g/mol. The van der Waals surface area contributed by atoms with Crippen LogP contribution in [0.3, 0.4) is 0 Å². The zero-order valence-corrected chi connectivity index (χ0v) is 19.6. The Morgan fingerprint density at radius 2 is 1.85 bits per heavy atom. The summed E-state index contributed by atoms with van der Waals surface area (Å²) in [5.74, 6) is 1.42. The summed E-state index contributed by atoms with van der Waals surface area (Å²) in [6, 6.07) is 18.0. The maximum absolute atomic E-state index is 13.0. The number of rotatable bonds is 9. The predicted octanol–water partition coefficient (Wildman–Crippen LogP) is 6.47. The number of allylic oxidation sites excluding steroid dienone is 1. The number of halogens is 1. The van der Waals surface area contributed by atoms with Crippen LogP contribution in [0.5, 0.6) is 11.5 Å². The Morgan fingerprint density at radius 1 is 1.06 bits per heavy atom. The summed E-state index contributed by atoms with van der Waals surface area (Å²) >= 11 is 1.62. The van der Waals surface area contributed by atoms with Gasteiger partial charge in [0.15, 0.2) is 5.78 Å². The van der Waals surface area contributed by atoms with Crippen LogP contribution in [0.2, 0.25) is 0 Å². The number of thiophene rings is 1. The Hall–Kier alpha value is -3.97. The largest absolute Gasteiger partial charge is 0.496 e. The van der Waals surface area contributed by atoms with E-state index in [2.05, 4.69) is 10.3 Å². The predicted molar refractivity (Wildman–Crippen MR) is 134 cm³/mol. The minimum Gasteiger partial charge on any atom is -0.496 e. The normalized spacial score (nSPS) is 10.9. The first-order valence-electron chi connectivity index (χ1n) is 10.5. The van der Waals surface area contributed by atoms with Crippen molar-refractivity contribution < 1.29 is 18.7 Å². The number of nitrogens with zero attached hydrogens (tertiary/aromatic N) is 1. The fraction of sp³-hybridized carbons (Fsp3) is 0.111. The second kappa shape index (κ2) is 10.8. The number of anilines is 1. The van der Waals surface area contributed by atoms with E-state index in [0.717, 1.165) is 27.8 Å². The summed E-state index contributed by atoms with van der Waals surface area (Å²) in [4.78, 5) is 17.8. The van der Waals surface area contributed by atoms with Crippen molar-refractivity contribution in [3.05, 3.63) is 101 Å². The van der Waals surface area contributed by atoms with Crippen LogP contribution in [0.25, 0.3) is 16.5 Å². The molecule has 0 aliphatic carbocycles. The molecule has 0 saturated heterocycles. The van der Waals surface area contributed by atoms with E-state index in [1.165, 1.54) is 12.1 Å². The van der Waals surface area contributed by atoms with Gasteiger partial charge in [-0.25, -0.2) is 9.37 Å². The molecule has 4 aromatic rings. The van der Waals surface area contributed by atoms with E-state index in [1.807, 2.05) is 41.8 Å². The molecule has 34 heavy (non-hydrogen) atoms. The van der Waals surface area contributed by atoms with Crippen molar-refractivity contribution >= 4 is 29.0 Å². The van der Waals surface area contributed by atoms with Crippen LogP contribution in [-0.2, 0) is 6.54 Å². The molecule has 7 heteroatoms. The first-order valence-corrected chi connectivity index (χ1v) is 11.4. The number of pyridine rings is 1. The van der Waals surface area contributed by atoms with E-state index in [4.69, 9.17) is 9.47 Å². The molecule has 2 aromatic carbocycles. The first-order chi connectivity index (χ1) is 16.6. The lowest BCUT2D eigenvalue weighted by atomic mass is 10.0. The SMILES string of the molecule is COc1cc(OC)c(-c2cccs2)cc1/C=C/C(=O)c1ccc(CNc2ccc(F)cn2)cc1. The van der Waals surface area contributed by atoms with E-state index in [-0.39, 0.29) is 11.6 Å². The van der Waals surface area contributed by atoms with Crippen molar-refractivity contribution in [2.45, 2.75) is 6.54 Å². The third-order valence-electron chi connectivity index (χ3n) is 5.19. The quantitative estimate of drug-likeness (QED) is 0.222. The Bertz CT molecular complexity index is 1280. The van der Waals surface area contributed by atoms with Crippen molar-refractivity contribution in [2.75, 3.05) is 19.5 Å². The molecule has 0 aliphatic rings. The molecule has 0 spiro atoms. The molecule has 0 amide bonds. The van der Waals surface area contributed by atoms with E-state index < -0.39 is 0 Å². The second-order valence-corrected chi connectivity index (χ2v) is 8.33. The van der Waals surface area contributed by atoms with Crippen molar-refractivity contribution in [1.29, 1.82) is 0 Å². The number of hydrogen-bond acceptors (Lipinski definition) is 6. The number of hydrogen-bond donors (Lipinski definition) is 1. The zero-order valence-electron chi connectivity index (χ0n) is 18.7. The number of aromatic nitrogens is 1. The number of ether oxygens (including phenoxy) is 2. The highest BCUT2D eigenvalue weighted by molar-refractivity contribution is 7.13. The molecule has 0 atom stereocenters. The molecule has 0 bridgehead atoms. The topological polar surface area (TPSA) is 60.5 Å². The summed E-state index contributed by atoms with van der Waals surface area (Å²) in [6.07, 6.45) is 4.46. The third kappa shape index (κ3) is 5.50. The van der Waals surface area contributed by atoms with E-state index in [0.29, 0.717) is 29.4 Å². The molecule has 172 valence electrons. The molecule has 0 saturated carbocycles. The number of carbonyl (C=O) groups is 1.